The fourth-order valence-electron chi connectivity index (χ4n) is 3.67. The molecule has 0 spiro atoms. The van der Waals surface area contributed by atoms with Crippen LogP contribution in [0.15, 0.2) is 48.5 Å². The second-order valence-electron chi connectivity index (χ2n) is 9.50. The minimum atomic E-state index is -0.581. The number of carbonyl (C=O) groups is 2. The van der Waals surface area contributed by atoms with Gasteiger partial charge in [-0.15, -0.1) is 0 Å². The summed E-state index contributed by atoms with van der Waals surface area (Å²) in [6.07, 6.45) is 2.40. The third kappa shape index (κ3) is 8.08. The molecule has 0 unspecified atom stereocenters. The number of rotatable bonds is 12. The van der Waals surface area contributed by atoms with Crippen LogP contribution in [0.1, 0.15) is 65.0 Å². The van der Waals surface area contributed by atoms with Gasteiger partial charge in [0.25, 0.3) is 5.91 Å². The average molecular weight is 469 g/mol. The van der Waals surface area contributed by atoms with Crippen LogP contribution >= 0.6 is 0 Å². The van der Waals surface area contributed by atoms with Gasteiger partial charge in [-0.2, -0.15) is 0 Å². The lowest BCUT2D eigenvalue weighted by Crippen LogP contribution is -2.50. The Morgan fingerprint density at radius 3 is 2.32 bits per heavy atom. The van der Waals surface area contributed by atoms with Crippen LogP contribution in [0.25, 0.3) is 0 Å². The summed E-state index contributed by atoms with van der Waals surface area (Å²) < 4.78 is 11.2. The molecule has 0 saturated heterocycles. The first kappa shape index (κ1) is 27.2. The van der Waals surface area contributed by atoms with E-state index in [1.54, 1.807) is 12.0 Å². The van der Waals surface area contributed by atoms with Gasteiger partial charge in [0.1, 0.15) is 17.5 Å². The summed E-state index contributed by atoms with van der Waals surface area (Å²) in [6.45, 7) is 11.2. The normalized spacial score (nSPS) is 12.1. The summed E-state index contributed by atoms with van der Waals surface area (Å²) >= 11 is 0. The smallest absolute Gasteiger partial charge is 0.261 e. The quantitative estimate of drug-likeness (QED) is 0.440. The summed E-state index contributed by atoms with van der Waals surface area (Å²) in [7, 11) is 1.61. The number of carbonyl (C=O) groups excluding carboxylic acids is 2. The number of unbranched alkanes of at least 4 members (excludes halogenated alkanes) is 1. The summed E-state index contributed by atoms with van der Waals surface area (Å²) in [5.41, 5.74) is 2.13. The highest BCUT2D eigenvalue weighted by Crippen LogP contribution is 2.24. The molecule has 2 amide bonds. The van der Waals surface area contributed by atoms with Crippen LogP contribution in [-0.2, 0) is 21.5 Å². The summed E-state index contributed by atoms with van der Waals surface area (Å²) in [5.74, 6) is 0.964. The van der Waals surface area contributed by atoms with Gasteiger partial charge in [0.15, 0.2) is 6.61 Å². The number of amides is 2. The molecule has 1 N–H and O–H groups in total. The van der Waals surface area contributed by atoms with Crippen molar-refractivity contribution in [2.45, 2.75) is 71.9 Å². The number of hydrogen-bond donors (Lipinski definition) is 1. The summed E-state index contributed by atoms with van der Waals surface area (Å²) in [4.78, 5) is 27.9. The minimum Gasteiger partial charge on any atom is -0.497 e. The predicted molar refractivity (Wildman–Crippen MR) is 136 cm³/mol. The molecule has 2 rings (SSSR count). The number of ether oxygens (including phenoxy) is 2. The van der Waals surface area contributed by atoms with Gasteiger partial charge >= 0.3 is 0 Å². The SMILES string of the molecule is CCCCNC(=O)[C@H](CC)N(Cc1cccc(OC)c1)C(=O)COc1ccc(C(C)(C)C)cc1. The van der Waals surface area contributed by atoms with Crippen LogP contribution in [0.4, 0.5) is 0 Å². The Bertz CT molecular complexity index is 919. The van der Waals surface area contributed by atoms with Crippen molar-refractivity contribution in [3.8, 4) is 11.5 Å². The Hall–Kier alpha value is -3.02. The highest BCUT2D eigenvalue weighted by molar-refractivity contribution is 5.88. The van der Waals surface area contributed by atoms with Gasteiger partial charge in [-0.1, -0.05) is 65.3 Å². The molecule has 34 heavy (non-hydrogen) atoms. The van der Waals surface area contributed by atoms with Crippen molar-refractivity contribution in [3.63, 3.8) is 0 Å². The Morgan fingerprint density at radius 2 is 1.74 bits per heavy atom. The minimum absolute atomic E-state index is 0.0430. The van der Waals surface area contributed by atoms with E-state index in [4.69, 9.17) is 9.47 Å². The van der Waals surface area contributed by atoms with Crippen LogP contribution in [-0.4, -0.2) is 43.0 Å². The molecule has 0 aliphatic carbocycles. The highest BCUT2D eigenvalue weighted by Gasteiger charge is 2.29. The Labute approximate surface area is 204 Å². The zero-order valence-corrected chi connectivity index (χ0v) is 21.5. The van der Waals surface area contributed by atoms with Crippen molar-refractivity contribution >= 4 is 11.8 Å². The van der Waals surface area contributed by atoms with E-state index in [0.717, 1.165) is 18.4 Å². The zero-order valence-electron chi connectivity index (χ0n) is 21.5. The molecule has 0 bridgehead atoms. The van der Waals surface area contributed by atoms with Gasteiger partial charge in [0, 0.05) is 13.1 Å². The molecule has 0 aromatic heterocycles. The molecular formula is C28H40N2O4. The van der Waals surface area contributed by atoms with Gasteiger partial charge in [0.05, 0.1) is 7.11 Å². The molecule has 0 fully saturated rings. The molecule has 6 nitrogen and oxygen atoms in total. The Kier molecular flexibility index (Phi) is 10.4. The van der Waals surface area contributed by atoms with Gasteiger partial charge in [-0.05, 0) is 53.6 Å². The molecule has 0 heterocycles. The number of benzene rings is 2. The third-order valence-corrected chi connectivity index (χ3v) is 5.79. The first-order chi connectivity index (χ1) is 16.2. The van der Waals surface area contributed by atoms with Crippen LogP contribution in [0.2, 0.25) is 0 Å². The first-order valence-electron chi connectivity index (χ1n) is 12.1. The van der Waals surface area contributed by atoms with E-state index >= 15 is 0 Å². The van der Waals surface area contributed by atoms with E-state index < -0.39 is 6.04 Å². The molecule has 186 valence electrons. The standard InChI is InChI=1S/C28H40N2O4/c1-7-9-17-29-27(32)25(8-2)30(19-21-11-10-12-24(18-21)33-6)26(31)20-34-23-15-13-22(14-16-23)28(3,4)5/h10-16,18,25H,7-9,17,19-20H2,1-6H3,(H,29,32)/t25-/m0/s1. The van der Waals surface area contributed by atoms with E-state index in [-0.39, 0.29) is 23.8 Å². The lowest BCUT2D eigenvalue weighted by molar-refractivity contribution is -0.143. The second kappa shape index (κ2) is 13.0. The molecule has 0 aliphatic rings. The van der Waals surface area contributed by atoms with Crippen molar-refractivity contribution in [1.82, 2.24) is 10.2 Å². The van der Waals surface area contributed by atoms with Crippen LogP contribution < -0.4 is 14.8 Å². The van der Waals surface area contributed by atoms with Crippen LogP contribution in [0, 0.1) is 0 Å². The van der Waals surface area contributed by atoms with Crippen molar-refractivity contribution in [3.05, 3.63) is 59.7 Å². The van der Waals surface area contributed by atoms with Crippen molar-refractivity contribution in [2.75, 3.05) is 20.3 Å². The van der Waals surface area contributed by atoms with E-state index in [1.807, 2.05) is 55.5 Å². The number of nitrogens with one attached hydrogen (secondary N) is 1. The van der Waals surface area contributed by atoms with Crippen molar-refractivity contribution in [2.24, 2.45) is 0 Å². The topological polar surface area (TPSA) is 67.9 Å². The van der Waals surface area contributed by atoms with Gasteiger partial charge in [-0.3, -0.25) is 9.59 Å². The fourth-order valence-corrected chi connectivity index (χ4v) is 3.67. The Balaban J connectivity index is 2.18. The number of hydrogen-bond acceptors (Lipinski definition) is 4. The van der Waals surface area contributed by atoms with Crippen LogP contribution in [0.3, 0.4) is 0 Å². The molecule has 0 saturated carbocycles. The van der Waals surface area contributed by atoms with E-state index in [1.165, 1.54) is 5.56 Å². The monoisotopic (exact) mass is 468 g/mol. The molecule has 0 aliphatic heterocycles. The molecule has 1 atom stereocenters. The Morgan fingerprint density at radius 1 is 1.03 bits per heavy atom. The number of methoxy groups -OCH3 is 1. The van der Waals surface area contributed by atoms with Gasteiger partial charge in [0.2, 0.25) is 5.91 Å². The van der Waals surface area contributed by atoms with Crippen molar-refractivity contribution < 1.29 is 19.1 Å². The lowest BCUT2D eigenvalue weighted by atomic mass is 9.87. The average Bonchev–Trinajstić information content (AvgIpc) is 2.82. The molecular weight excluding hydrogens is 428 g/mol. The molecule has 6 heteroatoms. The van der Waals surface area contributed by atoms with Crippen LogP contribution in [0.5, 0.6) is 11.5 Å². The molecule has 0 radical (unpaired) electrons. The summed E-state index contributed by atoms with van der Waals surface area (Å²) in [5, 5.41) is 2.97. The zero-order chi connectivity index (χ0) is 25.1. The molecule has 2 aromatic rings. The first-order valence-corrected chi connectivity index (χ1v) is 12.1. The van der Waals surface area contributed by atoms with Gasteiger partial charge in [-0.25, -0.2) is 0 Å². The van der Waals surface area contributed by atoms with E-state index in [9.17, 15) is 9.59 Å². The molecule has 2 aromatic carbocycles. The maximum Gasteiger partial charge on any atom is 0.261 e. The highest BCUT2D eigenvalue weighted by atomic mass is 16.5. The maximum absolute atomic E-state index is 13.3. The van der Waals surface area contributed by atoms with E-state index in [2.05, 4.69) is 33.0 Å². The lowest BCUT2D eigenvalue weighted by Gasteiger charge is -2.30. The fraction of sp³-hybridized carbons (Fsp3) is 0.500. The predicted octanol–water partition coefficient (Wildman–Crippen LogP) is 5.10. The second-order valence-corrected chi connectivity index (χ2v) is 9.50. The number of nitrogens with zero attached hydrogens (tertiary/aromatic N) is 1. The summed E-state index contributed by atoms with van der Waals surface area (Å²) in [6, 6.07) is 14.8. The van der Waals surface area contributed by atoms with E-state index in [0.29, 0.717) is 31.0 Å². The maximum atomic E-state index is 13.3. The largest absolute Gasteiger partial charge is 0.497 e. The van der Waals surface area contributed by atoms with Crippen molar-refractivity contribution in [1.29, 1.82) is 0 Å². The van der Waals surface area contributed by atoms with Gasteiger partial charge < -0.3 is 19.7 Å². The third-order valence-electron chi connectivity index (χ3n) is 5.79.